The number of nitrogen functional groups attached to an aromatic ring is 1. The number of para-hydroxylation sites is 3. The molecule has 0 saturated carbocycles. The fraction of sp³-hybridized carbons (Fsp3) is 0. The highest BCUT2D eigenvalue weighted by atomic mass is 16.5. The Hall–Kier alpha value is -6.46. The lowest BCUT2D eigenvalue weighted by atomic mass is 9.96. The lowest BCUT2D eigenvalue weighted by Gasteiger charge is -2.33. The van der Waals surface area contributed by atoms with Crippen LogP contribution in [0.15, 0.2) is 158 Å². The van der Waals surface area contributed by atoms with Gasteiger partial charge in [0, 0.05) is 16.9 Å². The highest BCUT2D eigenvalue weighted by Crippen LogP contribution is 2.53. The average molecular weight is 608 g/mol. The Balaban J connectivity index is 1.12. The summed E-state index contributed by atoms with van der Waals surface area (Å²) in [4.78, 5) is 2.26. The normalized spacial score (nSPS) is 12.4. The molecule has 0 radical (unpaired) electrons. The maximum atomic E-state index is 6.74. The summed E-state index contributed by atoms with van der Waals surface area (Å²) in [6.07, 6.45) is 0. The summed E-state index contributed by atoms with van der Waals surface area (Å²) in [5, 5.41) is 3.48. The van der Waals surface area contributed by atoms with Crippen molar-refractivity contribution in [1.29, 1.82) is 0 Å². The molecule has 0 amide bonds. The van der Waals surface area contributed by atoms with Gasteiger partial charge in [-0.3, -0.25) is 0 Å². The molecule has 0 aromatic heterocycles. The molecule has 2 aliphatic heterocycles. The van der Waals surface area contributed by atoms with Gasteiger partial charge in [0.1, 0.15) is 0 Å². The molecule has 0 bridgehead atoms. The van der Waals surface area contributed by atoms with Gasteiger partial charge in [-0.2, -0.15) is 0 Å². The van der Waals surface area contributed by atoms with Gasteiger partial charge >= 0.3 is 0 Å². The van der Waals surface area contributed by atoms with Gasteiger partial charge in [0.15, 0.2) is 23.0 Å². The first-order valence-corrected chi connectivity index (χ1v) is 15.6. The van der Waals surface area contributed by atoms with Gasteiger partial charge in [-0.25, -0.2) is 0 Å². The topological polar surface area (TPSA) is 59.8 Å². The van der Waals surface area contributed by atoms with E-state index in [2.05, 4.69) is 113 Å². The fourth-order valence-corrected chi connectivity index (χ4v) is 6.44. The van der Waals surface area contributed by atoms with Crippen LogP contribution in [0.5, 0.6) is 23.0 Å². The van der Waals surface area contributed by atoms with E-state index in [1.54, 1.807) is 0 Å². The molecule has 47 heavy (non-hydrogen) atoms. The standard InChI is InChI=1S/C42H29N3O2/c43-34-19-15-28(23-33(34)27-9-3-1-4-10-27)30-17-21-37-41(25-30)47-42-26-31(18-22-38(42)45(37)32-11-5-2-6-12-32)29-16-20-36-40(24-29)46-39-14-8-7-13-35(39)44-36/h1-26,44H,43H2. The van der Waals surface area contributed by atoms with Crippen molar-refractivity contribution in [2.24, 2.45) is 0 Å². The molecule has 224 valence electrons. The second-order valence-corrected chi connectivity index (χ2v) is 11.7. The van der Waals surface area contributed by atoms with E-state index in [9.17, 15) is 0 Å². The molecule has 9 rings (SSSR count). The molecule has 0 saturated heterocycles. The van der Waals surface area contributed by atoms with Gasteiger partial charge in [-0.15, -0.1) is 0 Å². The van der Waals surface area contributed by atoms with Gasteiger partial charge in [0.05, 0.1) is 22.7 Å². The zero-order chi connectivity index (χ0) is 31.3. The molecule has 5 heteroatoms. The molecule has 3 N–H and O–H groups in total. The van der Waals surface area contributed by atoms with Crippen LogP contribution in [-0.4, -0.2) is 0 Å². The van der Waals surface area contributed by atoms with Gasteiger partial charge in [-0.1, -0.05) is 84.9 Å². The van der Waals surface area contributed by atoms with Crippen LogP contribution in [0.4, 0.5) is 34.1 Å². The lowest BCUT2D eigenvalue weighted by Crippen LogP contribution is -2.15. The third-order valence-corrected chi connectivity index (χ3v) is 8.80. The Labute approximate surface area is 273 Å². The van der Waals surface area contributed by atoms with Crippen molar-refractivity contribution in [3.05, 3.63) is 158 Å². The van der Waals surface area contributed by atoms with Crippen molar-refractivity contribution in [2.45, 2.75) is 0 Å². The number of anilines is 6. The maximum absolute atomic E-state index is 6.74. The lowest BCUT2D eigenvalue weighted by molar-refractivity contribution is 0.477. The second kappa shape index (κ2) is 10.9. The largest absolute Gasteiger partial charge is 0.453 e. The van der Waals surface area contributed by atoms with Crippen LogP contribution in [0.25, 0.3) is 33.4 Å². The second-order valence-electron chi connectivity index (χ2n) is 11.7. The SMILES string of the molecule is Nc1ccc(-c2ccc3c(c2)Oc2cc(-c4ccc5c(c4)Oc4ccccc4N5)ccc2N3c2ccccc2)cc1-c1ccccc1. The molecule has 0 fully saturated rings. The van der Waals surface area contributed by atoms with Crippen LogP contribution < -0.4 is 25.4 Å². The number of ether oxygens (including phenoxy) is 2. The average Bonchev–Trinajstić information content (AvgIpc) is 3.13. The van der Waals surface area contributed by atoms with Crippen LogP contribution in [-0.2, 0) is 0 Å². The van der Waals surface area contributed by atoms with E-state index < -0.39 is 0 Å². The van der Waals surface area contributed by atoms with Crippen LogP contribution in [0.3, 0.4) is 0 Å². The van der Waals surface area contributed by atoms with Crippen LogP contribution in [0.1, 0.15) is 0 Å². The monoisotopic (exact) mass is 607 g/mol. The summed E-state index contributed by atoms with van der Waals surface area (Å²) in [6.45, 7) is 0. The minimum Gasteiger partial charge on any atom is -0.453 e. The smallest absolute Gasteiger partial charge is 0.152 e. The zero-order valence-corrected chi connectivity index (χ0v) is 25.4. The summed E-state index contributed by atoms with van der Waals surface area (Å²) in [6, 6.07) is 53.9. The van der Waals surface area contributed by atoms with Gasteiger partial charge in [0.2, 0.25) is 0 Å². The van der Waals surface area contributed by atoms with Crippen LogP contribution in [0, 0.1) is 0 Å². The molecule has 2 heterocycles. The van der Waals surface area contributed by atoms with Crippen molar-refractivity contribution >= 4 is 34.1 Å². The Morgan fingerprint density at radius 3 is 1.68 bits per heavy atom. The predicted molar refractivity (Wildman–Crippen MR) is 192 cm³/mol. The minimum absolute atomic E-state index is 0.749. The Morgan fingerprint density at radius 2 is 0.957 bits per heavy atom. The Morgan fingerprint density at radius 1 is 0.426 bits per heavy atom. The molecule has 0 spiro atoms. The van der Waals surface area contributed by atoms with E-state index in [-0.39, 0.29) is 0 Å². The van der Waals surface area contributed by atoms with Gasteiger partial charge in [-0.05, 0) is 101 Å². The van der Waals surface area contributed by atoms with Crippen molar-refractivity contribution in [3.63, 3.8) is 0 Å². The zero-order valence-electron chi connectivity index (χ0n) is 25.4. The van der Waals surface area contributed by atoms with Crippen molar-refractivity contribution < 1.29 is 9.47 Å². The first-order valence-electron chi connectivity index (χ1n) is 15.6. The summed E-state index contributed by atoms with van der Waals surface area (Å²) in [5.74, 6) is 3.16. The molecule has 7 aromatic carbocycles. The number of rotatable bonds is 4. The molecule has 5 nitrogen and oxygen atoms in total. The fourth-order valence-electron chi connectivity index (χ4n) is 6.44. The highest BCUT2D eigenvalue weighted by molar-refractivity contribution is 5.90. The predicted octanol–water partition coefficient (Wildman–Crippen LogP) is 11.7. The van der Waals surface area contributed by atoms with Gasteiger partial charge in [0.25, 0.3) is 0 Å². The van der Waals surface area contributed by atoms with Gasteiger partial charge < -0.3 is 25.4 Å². The van der Waals surface area contributed by atoms with E-state index in [1.807, 2.05) is 54.6 Å². The van der Waals surface area contributed by atoms with Crippen molar-refractivity contribution in [1.82, 2.24) is 0 Å². The first kappa shape index (κ1) is 26.9. The number of nitrogens with two attached hydrogens (primary N) is 1. The third kappa shape index (κ3) is 4.73. The summed E-state index contributed by atoms with van der Waals surface area (Å²) in [5.41, 5.74) is 18.4. The van der Waals surface area contributed by atoms with Crippen molar-refractivity contribution in [3.8, 4) is 56.4 Å². The number of hydrogen-bond acceptors (Lipinski definition) is 5. The minimum atomic E-state index is 0.749. The van der Waals surface area contributed by atoms with Crippen LogP contribution >= 0.6 is 0 Å². The number of nitrogens with zero attached hydrogens (tertiary/aromatic N) is 1. The molecule has 7 aromatic rings. The number of nitrogens with one attached hydrogen (secondary N) is 1. The molecule has 0 unspecified atom stereocenters. The Kier molecular flexibility index (Phi) is 6.22. The van der Waals surface area contributed by atoms with Crippen LogP contribution in [0.2, 0.25) is 0 Å². The van der Waals surface area contributed by atoms with E-state index >= 15 is 0 Å². The molecule has 2 aliphatic rings. The summed E-state index contributed by atoms with van der Waals surface area (Å²) in [7, 11) is 0. The van der Waals surface area contributed by atoms with E-state index in [0.29, 0.717) is 0 Å². The number of hydrogen-bond donors (Lipinski definition) is 2. The van der Waals surface area contributed by atoms with E-state index in [0.717, 1.165) is 90.5 Å². The molecule has 0 aliphatic carbocycles. The number of fused-ring (bicyclic) bond motifs is 4. The van der Waals surface area contributed by atoms with E-state index in [4.69, 9.17) is 15.2 Å². The summed E-state index contributed by atoms with van der Waals surface area (Å²) >= 11 is 0. The first-order chi connectivity index (χ1) is 23.2. The van der Waals surface area contributed by atoms with Crippen molar-refractivity contribution in [2.75, 3.05) is 16.0 Å². The number of benzene rings is 7. The quantitative estimate of drug-likeness (QED) is 0.195. The maximum Gasteiger partial charge on any atom is 0.152 e. The Bertz CT molecular complexity index is 2300. The molecular formula is C42H29N3O2. The molecule has 0 atom stereocenters. The molecular weight excluding hydrogens is 578 g/mol. The highest BCUT2D eigenvalue weighted by Gasteiger charge is 2.27. The summed E-state index contributed by atoms with van der Waals surface area (Å²) < 4.78 is 13.0. The van der Waals surface area contributed by atoms with E-state index in [1.165, 1.54) is 0 Å². The third-order valence-electron chi connectivity index (χ3n) is 8.80.